The number of nitrogens with zero attached hydrogens (tertiary/aromatic N) is 2. The number of nitrogens with one attached hydrogen (secondary N) is 1. The molecule has 0 aromatic rings. The first kappa shape index (κ1) is 17.4. The van der Waals surface area contributed by atoms with Crippen molar-refractivity contribution in [2.75, 3.05) is 19.7 Å². The Morgan fingerprint density at radius 3 is 2.53 bits per heavy atom. The summed E-state index contributed by atoms with van der Waals surface area (Å²) >= 11 is 0. The van der Waals surface area contributed by atoms with Crippen LogP contribution in [0.4, 0.5) is 4.79 Å². The molecule has 0 aromatic carbocycles. The highest BCUT2D eigenvalue weighted by molar-refractivity contribution is 7.87. The molecule has 0 fully saturated rings. The van der Waals surface area contributed by atoms with Crippen molar-refractivity contribution >= 4 is 22.1 Å². The Bertz CT molecular complexity index is 422. The first-order valence-electron chi connectivity index (χ1n) is 5.70. The van der Waals surface area contributed by atoms with Crippen molar-refractivity contribution in [2.45, 2.75) is 20.8 Å². The molecule has 9 nitrogen and oxygen atoms in total. The van der Waals surface area contributed by atoms with Crippen LogP contribution in [-0.2, 0) is 14.9 Å². The zero-order valence-corrected chi connectivity index (χ0v) is 12.0. The average molecular weight is 296 g/mol. The van der Waals surface area contributed by atoms with Gasteiger partial charge in [-0.2, -0.15) is 12.7 Å². The van der Waals surface area contributed by atoms with Crippen LogP contribution in [0.3, 0.4) is 0 Å². The minimum absolute atomic E-state index is 0.0267. The summed E-state index contributed by atoms with van der Waals surface area (Å²) in [4.78, 5) is 11.1. The highest BCUT2D eigenvalue weighted by atomic mass is 32.2. The van der Waals surface area contributed by atoms with Gasteiger partial charge in [-0.15, -0.1) is 0 Å². The van der Waals surface area contributed by atoms with E-state index in [1.54, 1.807) is 25.5 Å². The summed E-state index contributed by atoms with van der Waals surface area (Å²) in [5, 5.41) is 11.3. The van der Waals surface area contributed by atoms with E-state index in [9.17, 15) is 13.2 Å². The quantitative estimate of drug-likeness (QED) is 0.255. The van der Waals surface area contributed by atoms with E-state index < -0.39 is 22.2 Å². The molecular formula is C9H20N4O5S. The van der Waals surface area contributed by atoms with Crippen molar-refractivity contribution in [1.29, 1.82) is 0 Å². The fourth-order valence-corrected chi connectivity index (χ4v) is 2.38. The molecule has 0 aromatic heterocycles. The standard InChI is InChI=1S/C9H20N4O5S/c1-4-13(6-7(3)8(10)11-15)19(16,17)12-9(14)18-5-2/h7,15H,4-6H2,1-3H3,(H2,10,11)(H,12,14). The molecule has 4 N–H and O–H groups in total. The predicted octanol–water partition coefficient (Wildman–Crippen LogP) is -0.318. The lowest BCUT2D eigenvalue weighted by Gasteiger charge is -2.23. The van der Waals surface area contributed by atoms with Gasteiger partial charge in [-0.25, -0.2) is 9.52 Å². The summed E-state index contributed by atoms with van der Waals surface area (Å²) in [6.45, 7) is 4.91. The summed E-state index contributed by atoms with van der Waals surface area (Å²) in [6.07, 6.45) is -1.04. The van der Waals surface area contributed by atoms with E-state index in [0.717, 1.165) is 4.31 Å². The van der Waals surface area contributed by atoms with Gasteiger partial charge in [-0.05, 0) is 6.92 Å². The summed E-state index contributed by atoms with van der Waals surface area (Å²) in [5.74, 6) is -0.589. The number of hydrogen-bond acceptors (Lipinski definition) is 6. The van der Waals surface area contributed by atoms with Crippen LogP contribution in [0.15, 0.2) is 5.16 Å². The average Bonchev–Trinajstić information content (AvgIpc) is 2.33. The second kappa shape index (κ2) is 7.79. The van der Waals surface area contributed by atoms with Gasteiger partial charge in [0.25, 0.3) is 0 Å². The monoisotopic (exact) mass is 296 g/mol. The Labute approximate surface area is 112 Å². The molecule has 0 saturated carbocycles. The Morgan fingerprint density at radius 1 is 1.53 bits per heavy atom. The second-order valence-corrected chi connectivity index (χ2v) is 5.37. The molecule has 112 valence electrons. The van der Waals surface area contributed by atoms with Crippen LogP contribution in [0.1, 0.15) is 20.8 Å². The topological polar surface area (TPSA) is 134 Å². The molecule has 0 saturated heterocycles. The lowest BCUT2D eigenvalue weighted by molar-refractivity contribution is 0.158. The fourth-order valence-electron chi connectivity index (χ4n) is 1.23. The summed E-state index contributed by atoms with van der Waals surface area (Å²) in [5.41, 5.74) is 5.38. The van der Waals surface area contributed by atoms with Crippen LogP contribution in [0, 0.1) is 5.92 Å². The maximum atomic E-state index is 11.9. The van der Waals surface area contributed by atoms with Crippen LogP contribution in [0.2, 0.25) is 0 Å². The van der Waals surface area contributed by atoms with Crippen molar-refractivity contribution in [3.63, 3.8) is 0 Å². The molecule has 10 heteroatoms. The molecule has 1 atom stereocenters. The first-order chi connectivity index (χ1) is 8.78. The number of rotatable bonds is 7. The molecular weight excluding hydrogens is 276 g/mol. The molecule has 0 heterocycles. The van der Waals surface area contributed by atoms with Gasteiger partial charge in [0.1, 0.15) is 5.84 Å². The van der Waals surface area contributed by atoms with E-state index in [0.29, 0.717) is 0 Å². The third kappa shape index (κ3) is 5.75. The number of carbonyl (C=O) groups is 1. The van der Waals surface area contributed by atoms with Gasteiger partial charge in [-0.1, -0.05) is 19.0 Å². The third-order valence-corrected chi connectivity index (χ3v) is 3.79. The Kier molecular flexibility index (Phi) is 7.16. The van der Waals surface area contributed by atoms with Gasteiger partial charge in [0.2, 0.25) is 0 Å². The maximum Gasteiger partial charge on any atom is 0.421 e. The Hall–Kier alpha value is -1.55. The normalized spacial score (nSPS) is 14.2. The lowest BCUT2D eigenvalue weighted by atomic mass is 10.1. The first-order valence-corrected chi connectivity index (χ1v) is 7.14. The molecule has 0 radical (unpaired) electrons. The number of amidine groups is 1. The molecule has 0 aliphatic rings. The summed E-state index contributed by atoms with van der Waals surface area (Å²) in [6, 6.07) is 0. The number of carbonyl (C=O) groups excluding carboxylic acids is 1. The Morgan fingerprint density at radius 2 is 2.11 bits per heavy atom. The number of nitrogens with two attached hydrogens (primary N) is 1. The highest BCUT2D eigenvalue weighted by Crippen LogP contribution is 2.05. The van der Waals surface area contributed by atoms with E-state index in [-0.39, 0.29) is 25.5 Å². The van der Waals surface area contributed by atoms with Crippen molar-refractivity contribution in [1.82, 2.24) is 9.03 Å². The summed E-state index contributed by atoms with van der Waals surface area (Å²) in [7, 11) is -4.01. The molecule has 1 amide bonds. The third-order valence-electron chi connectivity index (χ3n) is 2.28. The summed E-state index contributed by atoms with van der Waals surface area (Å²) < 4.78 is 31.0. The van der Waals surface area contributed by atoms with Gasteiger partial charge in [0.05, 0.1) is 6.61 Å². The van der Waals surface area contributed by atoms with Crippen molar-refractivity contribution in [3.05, 3.63) is 0 Å². The number of amides is 1. The largest absolute Gasteiger partial charge is 0.449 e. The maximum absolute atomic E-state index is 11.9. The molecule has 0 spiro atoms. The molecule has 1 unspecified atom stereocenters. The van der Waals surface area contributed by atoms with Gasteiger partial charge in [-0.3, -0.25) is 0 Å². The van der Waals surface area contributed by atoms with Gasteiger partial charge in [0, 0.05) is 19.0 Å². The van der Waals surface area contributed by atoms with Gasteiger partial charge >= 0.3 is 16.3 Å². The molecule has 0 aliphatic heterocycles. The number of oxime groups is 1. The van der Waals surface area contributed by atoms with Crippen LogP contribution < -0.4 is 10.5 Å². The molecule has 0 bridgehead atoms. The zero-order chi connectivity index (χ0) is 15.1. The molecule has 0 aliphatic carbocycles. The van der Waals surface area contributed by atoms with E-state index in [1.807, 2.05) is 0 Å². The smallest absolute Gasteiger partial charge is 0.421 e. The van der Waals surface area contributed by atoms with E-state index in [2.05, 4.69) is 9.89 Å². The van der Waals surface area contributed by atoms with E-state index in [4.69, 9.17) is 10.9 Å². The van der Waals surface area contributed by atoms with Crippen molar-refractivity contribution in [2.24, 2.45) is 16.8 Å². The minimum Gasteiger partial charge on any atom is -0.449 e. The SMILES string of the molecule is CCOC(=O)NS(=O)(=O)N(CC)CC(C)C(N)=NO. The van der Waals surface area contributed by atoms with Crippen LogP contribution in [0.5, 0.6) is 0 Å². The van der Waals surface area contributed by atoms with Crippen LogP contribution in [0.25, 0.3) is 0 Å². The predicted molar refractivity (Wildman–Crippen MR) is 68.9 cm³/mol. The number of hydrogen-bond donors (Lipinski definition) is 3. The molecule has 19 heavy (non-hydrogen) atoms. The Balaban J connectivity index is 4.79. The van der Waals surface area contributed by atoms with E-state index in [1.165, 1.54) is 0 Å². The number of ether oxygens (including phenoxy) is 1. The van der Waals surface area contributed by atoms with Crippen molar-refractivity contribution < 1.29 is 23.2 Å². The highest BCUT2D eigenvalue weighted by Gasteiger charge is 2.26. The molecule has 0 rings (SSSR count). The zero-order valence-electron chi connectivity index (χ0n) is 11.2. The van der Waals surface area contributed by atoms with Crippen molar-refractivity contribution in [3.8, 4) is 0 Å². The van der Waals surface area contributed by atoms with Gasteiger partial charge < -0.3 is 15.7 Å². The van der Waals surface area contributed by atoms with Crippen LogP contribution in [-0.4, -0.2) is 49.6 Å². The van der Waals surface area contributed by atoms with E-state index >= 15 is 0 Å². The van der Waals surface area contributed by atoms with Gasteiger partial charge in [0.15, 0.2) is 0 Å². The second-order valence-electron chi connectivity index (χ2n) is 3.70. The fraction of sp³-hybridized carbons (Fsp3) is 0.778. The lowest BCUT2D eigenvalue weighted by Crippen LogP contribution is -2.46. The minimum atomic E-state index is -4.01. The van der Waals surface area contributed by atoms with Crippen LogP contribution >= 0.6 is 0 Å².